The Hall–Kier alpha value is -3.24. The van der Waals surface area contributed by atoms with E-state index in [2.05, 4.69) is 56.5 Å². The molecule has 0 aliphatic carbocycles. The minimum atomic E-state index is 0.0864. The van der Waals surface area contributed by atoms with E-state index >= 15 is 0 Å². The van der Waals surface area contributed by atoms with Crippen LogP contribution in [0.3, 0.4) is 0 Å². The standard InChI is InChI=1S/C26H23ClN4/c1-16-9-14-19(27)15-22(16)31-24(17-10-12-18(13-11-17)26(2,3)4)30-23-25(31)29-21-8-6-5-7-20(21)28-23/h5-15H,1-4H3. The molecule has 31 heavy (non-hydrogen) atoms. The van der Waals surface area contributed by atoms with E-state index in [0.29, 0.717) is 10.7 Å². The lowest BCUT2D eigenvalue weighted by Crippen LogP contribution is -2.10. The second kappa shape index (κ2) is 7.17. The fraction of sp³-hybridized carbons (Fsp3) is 0.192. The van der Waals surface area contributed by atoms with Crippen molar-refractivity contribution in [3.8, 4) is 17.1 Å². The summed E-state index contributed by atoms with van der Waals surface area (Å²) < 4.78 is 2.07. The van der Waals surface area contributed by atoms with Crippen molar-refractivity contribution in [1.82, 2.24) is 19.5 Å². The fourth-order valence-corrected chi connectivity index (χ4v) is 3.99. The van der Waals surface area contributed by atoms with Crippen LogP contribution < -0.4 is 0 Å². The number of hydrogen-bond acceptors (Lipinski definition) is 3. The van der Waals surface area contributed by atoms with Gasteiger partial charge < -0.3 is 0 Å². The zero-order chi connectivity index (χ0) is 21.8. The van der Waals surface area contributed by atoms with Gasteiger partial charge in [0.2, 0.25) is 0 Å². The van der Waals surface area contributed by atoms with Crippen molar-refractivity contribution in [3.63, 3.8) is 0 Å². The number of para-hydroxylation sites is 2. The van der Waals surface area contributed by atoms with Gasteiger partial charge in [-0.1, -0.05) is 74.8 Å². The predicted octanol–water partition coefficient (Wildman–Crippen LogP) is 6.90. The van der Waals surface area contributed by atoms with Gasteiger partial charge in [-0.3, -0.25) is 4.57 Å². The van der Waals surface area contributed by atoms with Gasteiger partial charge in [0.25, 0.3) is 0 Å². The Morgan fingerprint density at radius 1 is 0.806 bits per heavy atom. The number of aryl methyl sites for hydroxylation is 1. The SMILES string of the molecule is Cc1ccc(Cl)cc1-n1c(-c2ccc(C(C)(C)C)cc2)nc2nc3ccccc3nc21. The second-order valence-corrected chi connectivity index (χ2v) is 9.32. The average Bonchev–Trinajstić information content (AvgIpc) is 3.11. The van der Waals surface area contributed by atoms with Crippen LogP contribution in [0.5, 0.6) is 0 Å². The van der Waals surface area contributed by atoms with E-state index in [4.69, 9.17) is 26.6 Å². The predicted molar refractivity (Wildman–Crippen MR) is 128 cm³/mol. The third-order valence-corrected chi connectivity index (χ3v) is 5.83. The third-order valence-electron chi connectivity index (χ3n) is 5.59. The fourth-order valence-electron chi connectivity index (χ4n) is 3.82. The zero-order valence-electron chi connectivity index (χ0n) is 18.0. The monoisotopic (exact) mass is 426 g/mol. The molecule has 0 saturated carbocycles. The minimum Gasteiger partial charge on any atom is -0.275 e. The molecule has 5 aromatic rings. The zero-order valence-corrected chi connectivity index (χ0v) is 18.8. The quantitative estimate of drug-likeness (QED) is 0.308. The van der Waals surface area contributed by atoms with Crippen molar-refractivity contribution in [2.45, 2.75) is 33.1 Å². The van der Waals surface area contributed by atoms with Gasteiger partial charge >= 0.3 is 0 Å². The molecule has 0 atom stereocenters. The van der Waals surface area contributed by atoms with Gasteiger partial charge in [-0.2, -0.15) is 0 Å². The van der Waals surface area contributed by atoms with Crippen LogP contribution >= 0.6 is 11.6 Å². The molecule has 5 rings (SSSR count). The van der Waals surface area contributed by atoms with Crippen molar-refractivity contribution >= 4 is 33.9 Å². The van der Waals surface area contributed by atoms with E-state index < -0.39 is 0 Å². The van der Waals surface area contributed by atoms with Crippen molar-refractivity contribution in [2.75, 3.05) is 0 Å². The van der Waals surface area contributed by atoms with Crippen LogP contribution in [0.4, 0.5) is 0 Å². The topological polar surface area (TPSA) is 43.6 Å². The Balaban J connectivity index is 1.83. The number of halogens is 1. The van der Waals surface area contributed by atoms with E-state index in [1.165, 1.54) is 5.56 Å². The molecule has 0 amide bonds. The first-order valence-electron chi connectivity index (χ1n) is 10.3. The van der Waals surface area contributed by atoms with E-state index in [1.54, 1.807) is 0 Å². The number of benzene rings is 3. The van der Waals surface area contributed by atoms with Crippen molar-refractivity contribution < 1.29 is 0 Å². The van der Waals surface area contributed by atoms with Crippen LogP contribution in [0.2, 0.25) is 5.02 Å². The normalized spacial score (nSPS) is 12.0. The molecule has 0 N–H and O–H groups in total. The average molecular weight is 427 g/mol. The van der Waals surface area contributed by atoms with Gasteiger partial charge in [-0.15, -0.1) is 0 Å². The molecule has 4 nitrogen and oxygen atoms in total. The van der Waals surface area contributed by atoms with Crippen LogP contribution in [0, 0.1) is 6.92 Å². The Morgan fingerprint density at radius 2 is 1.48 bits per heavy atom. The molecular formula is C26H23ClN4. The molecular weight excluding hydrogens is 404 g/mol. The lowest BCUT2D eigenvalue weighted by Gasteiger charge is -2.19. The van der Waals surface area contributed by atoms with Crippen LogP contribution in [-0.2, 0) is 5.41 Å². The number of nitrogens with zero attached hydrogens (tertiary/aromatic N) is 4. The lowest BCUT2D eigenvalue weighted by molar-refractivity contribution is 0.590. The van der Waals surface area contributed by atoms with Crippen LogP contribution in [0.15, 0.2) is 66.7 Å². The molecule has 0 aliphatic heterocycles. The maximum Gasteiger partial charge on any atom is 0.199 e. The highest BCUT2D eigenvalue weighted by atomic mass is 35.5. The molecule has 0 unspecified atom stereocenters. The summed E-state index contributed by atoms with van der Waals surface area (Å²) in [5, 5.41) is 0.672. The van der Waals surface area contributed by atoms with Gasteiger partial charge in [0.05, 0.1) is 16.7 Å². The highest BCUT2D eigenvalue weighted by molar-refractivity contribution is 6.30. The Bertz CT molecular complexity index is 1430. The van der Waals surface area contributed by atoms with Crippen LogP contribution in [0.1, 0.15) is 31.9 Å². The summed E-state index contributed by atoms with van der Waals surface area (Å²) in [5.74, 6) is 0.802. The van der Waals surface area contributed by atoms with Crippen molar-refractivity contribution in [2.24, 2.45) is 0 Å². The molecule has 0 bridgehead atoms. The maximum absolute atomic E-state index is 6.38. The summed E-state index contributed by atoms with van der Waals surface area (Å²) in [5.41, 5.74) is 7.43. The van der Waals surface area contributed by atoms with E-state index in [0.717, 1.165) is 39.3 Å². The molecule has 3 aromatic carbocycles. The molecule has 0 saturated heterocycles. The largest absolute Gasteiger partial charge is 0.275 e. The van der Waals surface area contributed by atoms with Gasteiger partial charge in [-0.05, 0) is 47.7 Å². The summed E-state index contributed by atoms with van der Waals surface area (Å²) in [6.45, 7) is 8.71. The number of imidazole rings is 1. The van der Waals surface area contributed by atoms with E-state index in [-0.39, 0.29) is 5.41 Å². The molecule has 0 spiro atoms. The Kier molecular flexibility index (Phi) is 4.56. The van der Waals surface area contributed by atoms with E-state index in [1.807, 2.05) is 42.5 Å². The van der Waals surface area contributed by atoms with Gasteiger partial charge in [0.15, 0.2) is 11.3 Å². The molecule has 2 aromatic heterocycles. The smallest absolute Gasteiger partial charge is 0.199 e. The molecule has 0 radical (unpaired) electrons. The Morgan fingerprint density at radius 3 is 2.16 bits per heavy atom. The second-order valence-electron chi connectivity index (χ2n) is 8.89. The molecule has 0 aliphatic rings. The summed E-state index contributed by atoms with van der Waals surface area (Å²) in [7, 11) is 0. The summed E-state index contributed by atoms with van der Waals surface area (Å²) >= 11 is 6.38. The maximum atomic E-state index is 6.38. The first kappa shape index (κ1) is 19.7. The summed E-state index contributed by atoms with van der Waals surface area (Å²) in [4.78, 5) is 14.6. The molecule has 2 heterocycles. The summed E-state index contributed by atoms with van der Waals surface area (Å²) in [6.07, 6.45) is 0. The Labute approximate surface area is 186 Å². The van der Waals surface area contributed by atoms with Gasteiger partial charge in [-0.25, -0.2) is 15.0 Å². The number of aromatic nitrogens is 4. The molecule has 5 heteroatoms. The van der Waals surface area contributed by atoms with Crippen molar-refractivity contribution in [3.05, 3.63) is 82.9 Å². The highest BCUT2D eigenvalue weighted by Gasteiger charge is 2.20. The number of fused-ring (bicyclic) bond motifs is 2. The van der Waals surface area contributed by atoms with Crippen molar-refractivity contribution in [1.29, 1.82) is 0 Å². The van der Waals surface area contributed by atoms with Gasteiger partial charge in [0, 0.05) is 10.6 Å². The number of rotatable bonds is 2. The van der Waals surface area contributed by atoms with Crippen LogP contribution in [0.25, 0.3) is 39.4 Å². The van der Waals surface area contributed by atoms with Crippen LogP contribution in [-0.4, -0.2) is 19.5 Å². The van der Waals surface area contributed by atoms with Gasteiger partial charge in [0.1, 0.15) is 5.82 Å². The first-order valence-corrected chi connectivity index (χ1v) is 10.7. The van der Waals surface area contributed by atoms with E-state index in [9.17, 15) is 0 Å². The minimum absolute atomic E-state index is 0.0864. The number of hydrogen-bond donors (Lipinski definition) is 0. The summed E-state index contributed by atoms with van der Waals surface area (Å²) in [6, 6.07) is 22.3. The highest BCUT2D eigenvalue weighted by Crippen LogP contribution is 2.32. The third kappa shape index (κ3) is 3.47. The first-order chi connectivity index (χ1) is 14.8. The molecule has 0 fully saturated rings. The molecule has 154 valence electrons. The lowest BCUT2D eigenvalue weighted by atomic mass is 9.86.